The average Bonchev–Trinajstić information content (AvgIpc) is 2.83. The van der Waals surface area contributed by atoms with Crippen LogP contribution in [0.4, 0.5) is 0 Å². The third kappa shape index (κ3) is 4.64. The van der Waals surface area contributed by atoms with Crippen LogP contribution in [0.25, 0.3) is 0 Å². The minimum absolute atomic E-state index is 0.0218. The van der Waals surface area contributed by atoms with Crippen molar-refractivity contribution in [1.82, 2.24) is 13.5 Å². The van der Waals surface area contributed by atoms with Crippen LogP contribution in [0.2, 0.25) is 0 Å². The van der Waals surface area contributed by atoms with Crippen LogP contribution in [0.3, 0.4) is 0 Å². The summed E-state index contributed by atoms with van der Waals surface area (Å²) in [5, 5.41) is 0. The average molecular weight is 347 g/mol. The van der Waals surface area contributed by atoms with Crippen LogP contribution in [-0.4, -0.2) is 93.7 Å². The van der Waals surface area contributed by atoms with Crippen LogP contribution >= 0.6 is 0 Å². The first-order chi connectivity index (χ1) is 11.2. The van der Waals surface area contributed by atoms with E-state index in [0.29, 0.717) is 46.0 Å². The highest BCUT2D eigenvalue weighted by Gasteiger charge is 2.34. The van der Waals surface area contributed by atoms with E-state index >= 15 is 0 Å². The number of hydrogen-bond acceptors (Lipinski definition) is 5. The third-order valence-electron chi connectivity index (χ3n) is 4.85. The molecular weight excluding hydrogens is 318 g/mol. The molecule has 1 unspecified atom stereocenters. The Balaban J connectivity index is 1.61. The molecule has 0 radical (unpaired) electrons. The third-order valence-corrected chi connectivity index (χ3v) is 6.85. The van der Waals surface area contributed by atoms with Gasteiger partial charge in [-0.15, -0.1) is 0 Å². The maximum Gasteiger partial charge on any atom is 0.282 e. The van der Waals surface area contributed by atoms with Crippen LogP contribution in [0.15, 0.2) is 0 Å². The Hall–Kier alpha value is -0.250. The van der Waals surface area contributed by atoms with E-state index < -0.39 is 10.2 Å². The second-order valence-corrected chi connectivity index (χ2v) is 8.51. The van der Waals surface area contributed by atoms with Gasteiger partial charge in [0.1, 0.15) is 0 Å². The Morgan fingerprint density at radius 3 is 2.30 bits per heavy atom. The molecular formula is C15H29N3O4S. The van der Waals surface area contributed by atoms with Crippen LogP contribution < -0.4 is 0 Å². The molecule has 1 atom stereocenters. The maximum absolute atomic E-state index is 12.9. The Labute approximate surface area is 139 Å². The summed E-state index contributed by atoms with van der Waals surface area (Å²) in [6, 6.07) is 0. The lowest BCUT2D eigenvalue weighted by molar-refractivity contribution is 0.0274. The van der Waals surface area contributed by atoms with Crippen molar-refractivity contribution >= 4 is 10.2 Å². The highest BCUT2D eigenvalue weighted by Crippen LogP contribution is 2.17. The summed E-state index contributed by atoms with van der Waals surface area (Å²) in [4.78, 5) is 2.42. The topological polar surface area (TPSA) is 62.3 Å². The van der Waals surface area contributed by atoms with E-state index in [0.717, 1.165) is 26.1 Å². The molecule has 0 aliphatic carbocycles. The van der Waals surface area contributed by atoms with Gasteiger partial charge in [0.05, 0.1) is 19.3 Å². The first-order valence-corrected chi connectivity index (χ1v) is 10.2. The van der Waals surface area contributed by atoms with Crippen molar-refractivity contribution in [1.29, 1.82) is 0 Å². The summed E-state index contributed by atoms with van der Waals surface area (Å²) in [6.07, 6.45) is 4.52. The summed E-state index contributed by atoms with van der Waals surface area (Å²) in [7, 11) is -3.39. The molecule has 0 N–H and O–H groups in total. The predicted molar refractivity (Wildman–Crippen MR) is 87.5 cm³/mol. The van der Waals surface area contributed by atoms with Crippen molar-refractivity contribution in [3.63, 3.8) is 0 Å². The molecule has 8 heteroatoms. The summed E-state index contributed by atoms with van der Waals surface area (Å²) in [5.41, 5.74) is 0. The smallest absolute Gasteiger partial charge is 0.282 e. The Morgan fingerprint density at radius 1 is 0.826 bits per heavy atom. The van der Waals surface area contributed by atoms with E-state index in [2.05, 4.69) is 4.90 Å². The number of nitrogens with zero attached hydrogens (tertiary/aromatic N) is 3. The van der Waals surface area contributed by atoms with Gasteiger partial charge in [0, 0.05) is 39.3 Å². The van der Waals surface area contributed by atoms with Gasteiger partial charge in [-0.25, -0.2) is 0 Å². The molecule has 0 amide bonds. The molecule has 0 aromatic rings. The molecule has 0 saturated carbocycles. The number of likely N-dealkylation sites (tertiary alicyclic amines) is 1. The van der Waals surface area contributed by atoms with Gasteiger partial charge < -0.3 is 14.4 Å². The fraction of sp³-hybridized carbons (Fsp3) is 1.00. The van der Waals surface area contributed by atoms with Gasteiger partial charge in [-0.05, 0) is 32.4 Å². The molecule has 3 rings (SSSR count). The zero-order valence-electron chi connectivity index (χ0n) is 13.9. The van der Waals surface area contributed by atoms with Crippen molar-refractivity contribution < 1.29 is 17.9 Å². The Bertz CT molecular complexity index is 461. The molecule has 0 aromatic carbocycles. The molecule has 0 spiro atoms. The molecule has 3 aliphatic rings. The molecule has 3 saturated heterocycles. The summed E-state index contributed by atoms with van der Waals surface area (Å²) < 4.78 is 40.1. The quantitative estimate of drug-likeness (QED) is 0.724. The number of hydrogen-bond donors (Lipinski definition) is 0. The highest BCUT2D eigenvalue weighted by atomic mass is 32.2. The Morgan fingerprint density at radius 2 is 1.57 bits per heavy atom. The first kappa shape index (κ1) is 17.6. The van der Waals surface area contributed by atoms with E-state index in [1.165, 1.54) is 19.3 Å². The van der Waals surface area contributed by atoms with E-state index in [9.17, 15) is 8.42 Å². The summed E-state index contributed by atoms with van der Waals surface area (Å²) in [6.45, 7) is 6.61. The van der Waals surface area contributed by atoms with Crippen LogP contribution in [0, 0.1) is 0 Å². The zero-order chi connectivity index (χ0) is 16.1. The summed E-state index contributed by atoms with van der Waals surface area (Å²) >= 11 is 0. The Kier molecular flexibility index (Phi) is 6.28. The zero-order valence-corrected chi connectivity index (χ0v) is 14.7. The molecule has 134 valence electrons. The van der Waals surface area contributed by atoms with Crippen molar-refractivity contribution in [2.75, 3.05) is 65.6 Å². The second kappa shape index (κ2) is 8.22. The van der Waals surface area contributed by atoms with Gasteiger partial charge in [-0.1, -0.05) is 6.42 Å². The normalized spacial score (nSPS) is 30.2. The molecule has 0 bridgehead atoms. The molecule has 7 nitrogen and oxygen atoms in total. The molecule has 3 aliphatic heterocycles. The molecule has 3 fully saturated rings. The van der Waals surface area contributed by atoms with Gasteiger partial charge in [0.15, 0.2) is 0 Å². The second-order valence-electron chi connectivity index (χ2n) is 6.58. The van der Waals surface area contributed by atoms with Gasteiger partial charge in [-0.2, -0.15) is 17.0 Å². The highest BCUT2D eigenvalue weighted by molar-refractivity contribution is 7.86. The van der Waals surface area contributed by atoms with Crippen molar-refractivity contribution in [2.45, 2.75) is 31.8 Å². The lowest BCUT2D eigenvalue weighted by Crippen LogP contribution is -2.51. The van der Waals surface area contributed by atoms with Crippen molar-refractivity contribution in [3.05, 3.63) is 0 Å². The van der Waals surface area contributed by atoms with Crippen LogP contribution in [0.1, 0.15) is 25.7 Å². The fourth-order valence-corrected chi connectivity index (χ4v) is 5.20. The fourth-order valence-electron chi connectivity index (χ4n) is 3.55. The standard InChI is InChI=1S/C15H29N3O4S/c19-23(20,17-8-11-21-12-9-17)18-7-4-10-22-15(14-18)13-16-5-2-1-3-6-16/h15H,1-14H2. The van der Waals surface area contributed by atoms with Gasteiger partial charge in [0.2, 0.25) is 0 Å². The monoisotopic (exact) mass is 347 g/mol. The van der Waals surface area contributed by atoms with Crippen molar-refractivity contribution in [3.8, 4) is 0 Å². The minimum atomic E-state index is -3.39. The molecule has 0 aromatic heterocycles. The number of piperidine rings is 1. The maximum atomic E-state index is 12.9. The van der Waals surface area contributed by atoms with Gasteiger partial charge in [0.25, 0.3) is 10.2 Å². The summed E-state index contributed by atoms with van der Waals surface area (Å²) in [5.74, 6) is 0. The predicted octanol–water partition coefficient (Wildman–Crippen LogP) is 0.140. The van der Waals surface area contributed by atoms with Gasteiger partial charge in [-0.3, -0.25) is 0 Å². The number of morpholine rings is 1. The lowest BCUT2D eigenvalue weighted by Gasteiger charge is -2.34. The van der Waals surface area contributed by atoms with Crippen LogP contribution in [-0.2, 0) is 19.7 Å². The molecule has 23 heavy (non-hydrogen) atoms. The van der Waals surface area contributed by atoms with E-state index in [-0.39, 0.29) is 6.10 Å². The minimum Gasteiger partial charge on any atom is -0.379 e. The first-order valence-electron chi connectivity index (χ1n) is 8.83. The largest absolute Gasteiger partial charge is 0.379 e. The number of rotatable bonds is 4. The van der Waals surface area contributed by atoms with Gasteiger partial charge >= 0.3 is 0 Å². The SMILES string of the molecule is O=S(=O)(N1CCOCC1)N1CCCOC(CN2CCCCC2)C1. The van der Waals surface area contributed by atoms with E-state index in [1.54, 1.807) is 8.61 Å². The lowest BCUT2D eigenvalue weighted by atomic mass is 10.1. The van der Waals surface area contributed by atoms with E-state index in [4.69, 9.17) is 9.47 Å². The van der Waals surface area contributed by atoms with Crippen LogP contribution in [0.5, 0.6) is 0 Å². The number of ether oxygens (including phenoxy) is 2. The van der Waals surface area contributed by atoms with E-state index in [1.807, 2.05) is 0 Å². The van der Waals surface area contributed by atoms with Crippen molar-refractivity contribution in [2.24, 2.45) is 0 Å². The molecule has 3 heterocycles.